The Hall–Kier alpha value is -1.65. The van der Waals surface area contributed by atoms with Crippen molar-refractivity contribution in [3.05, 3.63) is 48.0 Å². The highest BCUT2D eigenvalue weighted by Crippen LogP contribution is 2.40. The largest absolute Gasteiger partial charge is 0.497 e. The van der Waals surface area contributed by atoms with Gasteiger partial charge in [0.25, 0.3) is 0 Å². The van der Waals surface area contributed by atoms with E-state index in [4.69, 9.17) is 4.74 Å². The number of pyridine rings is 1. The molecule has 2 saturated heterocycles. The summed E-state index contributed by atoms with van der Waals surface area (Å²) in [5.74, 6) is 0.758. The van der Waals surface area contributed by atoms with Crippen molar-refractivity contribution in [3.63, 3.8) is 0 Å². The Balaban J connectivity index is 0.00000156. The van der Waals surface area contributed by atoms with E-state index >= 15 is 0 Å². The van der Waals surface area contributed by atoms with Crippen molar-refractivity contribution >= 4 is 12.4 Å². The second-order valence-corrected chi connectivity index (χ2v) is 6.23. The van der Waals surface area contributed by atoms with Gasteiger partial charge in [0.1, 0.15) is 5.75 Å². The van der Waals surface area contributed by atoms with Crippen LogP contribution in [0.1, 0.15) is 30.7 Å². The van der Waals surface area contributed by atoms with E-state index in [2.05, 4.69) is 10.3 Å². The van der Waals surface area contributed by atoms with Crippen LogP contribution in [0.25, 0.3) is 11.1 Å². The number of nitrogens with one attached hydrogen (secondary N) is 1. The average molecular weight is 335 g/mol. The Labute approximate surface area is 141 Å². The Bertz CT molecular complexity index is 709. The van der Waals surface area contributed by atoms with Gasteiger partial charge in [-0.25, -0.2) is 4.98 Å². The second-order valence-electron chi connectivity index (χ2n) is 6.23. The number of aromatic nitrogens is 1. The predicted octanol–water partition coefficient (Wildman–Crippen LogP) is 3.93. The number of rotatable bonds is 3. The van der Waals surface area contributed by atoms with E-state index in [-0.39, 0.29) is 12.4 Å². The van der Waals surface area contributed by atoms with E-state index in [0.29, 0.717) is 23.6 Å². The molecule has 0 amide bonds. The molecule has 1 aromatic carbocycles. The molecule has 122 valence electrons. The summed E-state index contributed by atoms with van der Waals surface area (Å²) in [4.78, 5) is 4.00. The number of halogens is 2. The molecule has 0 unspecified atom stereocenters. The van der Waals surface area contributed by atoms with Gasteiger partial charge >= 0.3 is 0 Å². The van der Waals surface area contributed by atoms with Crippen LogP contribution in [0.3, 0.4) is 0 Å². The molecule has 3 atom stereocenters. The Morgan fingerprint density at radius 2 is 2.13 bits per heavy atom. The van der Waals surface area contributed by atoms with Gasteiger partial charge in [0.05, 0.1) is 7.11 Å². The normalized spacial score (nSPS) is 25.2. The molecule has 3 nitrogen and oxygen atoms in total. The minimum atomic E-state index is -0.423. The summed E-state index contributed by atoms with van der Waals surface area (Å²) in [5, 5.41) is 3.63. The number of hydrogen-bond donors (Lipinski definition) is 1. The molecule has 0 saturated carbocycles. The topological polar surface area (TPSA) is 34.1 Å². The van der Waals surface area contributed by atoms with Gasteiger partial charge < -0.3 is 10.1 Å². The number of nitrogens with zero attached hydrogens (tertiary/aromatic N) is 1. The van der Waals surface area contributed by atoms with Gasteiger partial charge in [-0.15, -0.1) is 12.4 Å². The molecular formula is C18H20ClFN2O. The molecule has 2 bridgehead atoms. The highest BCUT2D eigenvalue weighted by Gasteiger charge is 2.39. The average Bonchev–Trinajstić information content (AvgIpc) is 3.18. The summed E-state index contributed by atoms with van der Waals surface area (Å²) in [6.45, 7) is 0. The first kappa shape index (κ1) is 16.2. The first-order valence-corrected chi connectivity index (χ1v) is 7.80. The standard InChI is InChI=1S/C18H19FN2O.ClH/c1-22-14-4-2-3-11(7-14)16-8-12(10-20-18(16)19)15-9-13-5-6-17(15)21-13;/h2-4,7-8,10,13,15,17,21H,5-6,9H2,1H3;1H/t13-,15+,17+;/m0./s1. The number of fused-ring (bicyclic) bond motifs is 2. The fraction of sp³-hybridized carbons (Fsp3) is 0.389. The van der Waals surface area contributed by atoms with E-state index in [1.165, 1.54) is 12.8 Å². The number of methoxy groups -OCH3 is 1. The zero-order valence-electron chi connectivity index (χ0n) is 13.0. The highest BCUT2D eigenvalue weighted by atomic mass is 35.5. The molecule has 23 heavy (non-hydrogen) atoms. The van der Waals surface area contributed by atoms with Crippen LogP contribution in [0.5, 0.6) is 5.75 Å². The summed E-state index contributed by atoms with van der Waals surface area (Å²) >= 11 is 0. The van der Waals surface area contributed by atoms with Gasteiger partial charge in [-0.2, -0.15) is 4.39 Å². The molecule has 5 heteroatoms. The van der Waals surface area contributed by atoms with Gasteiger partial charge in [0, 0.05) is 29.8 Å². The molecule has 0 radical (unpaired) electrons. The minimum Gasteiger partial charge on any atom is -0.497 e. The van der Waals surface area contributed by atoms with Crippen molar-refractivity contribution in [1.82, 2.24) is 10.3 Å². The van der Waals surface area contributed by atoms with E-state index in [0.717, 1.165) is 23.3 Å². The van der Waals surface area contributed by atoms with Crippen LogP contribution in [0.2, 0.25) is 0 Å². The highest BCUT2D eigenvalue weighted by molar-refractivity contribution is 5.85. The fourth-order valence-electron chi connectivity index (χ4n) is 3.85. The summed E-state index contributed by atoms with van der Waals surface area (Å²) in [6, 6.07) is 10.6. The minimum absolute atomic E-state index is 0. The van der Waals surface area contributed by atoms with Gasteiger partial charge in [-0.1, -0.05) is 12.1 Å². The van der Waals surface area contributed by atoms with E-state index < -0.39 is 5.95 Å². The number of hydrogen-bond acceptors (Lipinski definition) is 3. The van der Waals surface area contributed by atoms with Crippen LogP contribution in [-0.4, -0.2) is 24.2 Å². The molecule has 2 aliphatic heterocycles. The molecular weight excluding hydrogens is 315 g/mol. The van der Waals surface area contributed by atoms with Gasteiger partial charge in [-0.05, 0) is 48.6 Å². The zero-order chi connectivity index (χ0) is 15.1. The Morgan fingerprint density at radius 1 is 1.26 bits per heavy atom. The monoisotopic (exact) mass is 334 g/mol. The lowest BCUT2D eigenvalue weighted by Crippen LogP contribution is -2.21. The molecule has 0 spiro atoms. The molecule has 3 heterocycles. The van der Waals surface area contributed by atoms with Crippen LogP contribution < -0.4 is 10.1 Å². The van der Waals surface area contributed by atoms with Crippen molar-refractivity contribution < 1.29 is 9.13 Å². The van der Waals surface area contributed by atoms with E-state index in [1.54, 1.807) is 13.3 Å². The lowest BCUT2D eigenvalue weighted by Gasteiger charge is -2.21. The Morgan fingerprint density at radius 3 is 2.83 bits per heavy atom. The zero-order valence-corrected chi connectivity index (χ0v) is 13.8. The van der Waals surface area contributed by atoms with E-state index in [9.17, 15) is 4.39 Å². The molecule has 0 aliphatic carbocycles. The van der Waals surface area contributed by atoms with Crippen LogP contribution in [-0.2, 0) is 0 Å². The lowest BCUT2D eigenvalue weighted by molar-refractivity contribution is 0.415. The van der Waals surface area contributed by atoms with Crippen molar-refractivity contribution in [3.8, 4) is 16.9 Å². The maximum absolute atomic E-state index is 14.2. The molecule has 1 aromatic heterocycles. The molecule has 2 aliphatic rings. The molecule has 2 aromatic rings. The molecule has 1 N–H and O–H groups in total. The third-order valence-electron chi connectivity index (χ3n) is 4.97. The summed E-state index contributed by atoms with van der Waals surface area (Å²) < 4.78 is 19.4. The van der Waals surface area contributed by atoms with Crippen LogP contribution in [0, 0.1) is 5.95 Å². The number of ether oxygens (including phenoxy) is 1. The predicted molar refractivity (Wildman–Crippen MR) is 90.7 cm³/mol. The van der Waals surface area contributed by atoms with Crippen LogP contribution in [0.4, 0.5) is 4.39 Å². The van der Waals surface area contributed by atoms with Gasteiger partial charge in [0.2, 0.25) is 5.95 Å². The van der Waals surface area contributed by atoms with Crippen molar-refractivity contribution in [2.75, 3.05) is 7.11 Å². The van der Waals surface area contributed by atoms with Crippen molar-refractivity contribution in [2.24, 2.45) is 0 Å². The second kappa shape index (κ2) is 6.46. The first-order valence-electron chi connectivity index (χ1n) is 7.80. The molecule has 2 fully saturated rings. The smallest absolute Gasteiger partial charge is 0.220 e. The Kier molecular flexibility index (Phi) is 4.55. The quantitative estimate of drug-likeness (QED) is 0.864. The fourth-order valence-corrected chi connectivity index (χ4v) is 3.85. The van der Waals surface area contributed by atoms with Crippen LogP contribution in [0.15, 0.2) is 36.5 Å². The van der Waals surface area contributed by atoms with Crippen LogP contribution >= 0.6 is 12.4 Å². The summed E-state index contributed by atoms with van der Waals surface area (Å²) in [5.41, 5.74) is 2.50. The number of benzene rings is 1. The van der Waals surface area contributed by atoms with Crippen molar-refractivity contribution in [2.45, 2.75) is 37.3 Å². The first-order chi connectivity index (χ1) is 10.7. The summed E-state index contributed by atoms with van der Waals surface area (Å²) in [6.07, 6.45) is 5.31. The van der Waals surface area contributed by atoms with Crippen molar-refractivity contribution in [1.29, 1.82) is 0 Å². The van der Waals surface area contributed by atoms with E-state index in [1.807, 2.05) is 30.3 Å². The third-order valence-corrected chi connectivity index (χ3v) is 4.97. The van der Waals surface area contributed by atoms with Gasteiger partial charge in [0.15, 0.2) is 0 Å². The SMILES string of the molecule is COc1cccc(-c2cc([C@H]3C[C@@H]4CC[C@H]3N4)cnc2F)c1.Cl. The maximum Gasteiger partial charge on any atom is 0.220 e. The molecule has 4 rings (SSSR count). The lowest BCUT2D eigenvalue weighted by atomic mass is 9.84. The van der Waals surface area contributed by atoms with Gasteiger partial charge in [-0.3, -0.25) is 0 Å². The maximum atomic E-state index is 14.2. The third kappa shape index (κ3) is 2.93. The summed E-state index contributed by atoms with van der Waals surface area (Å²) in [7, 11) is 1.62.